The number of rotatable bonds is 8. The van der Waals surface area contributed by atoms with Crippen LogP contribution in [0.5, 0.6) is 11.5 Å². The number of anilines is 2. The summed E-state index contributed by atoms with van der Waals surface area (Å²) < 4.78 is 25.9. The van der Waals surface area contributed by atoms with E-state index in [0.29, 0.717) is 34.4 Å². The molecule has 7 nitrogen and oxygen atoms in total. The molecule has 2 aromatic carbocycles. The maximum absolute atomic E-state index is 13.2. The van der Waals surface area contributed by atoms with Crippen LogP contribution in [0.2, 0.25) is 0 Å². The lowest BCUT2D eigenvalue weighted by Gasteiger charge is -2.13. The zero-order valence-corrected chi connectivity index (χ0v) is 19.2. The van der Waals surface area contributed by atoms with E-state index in [1.165, 1.54) is 23.5 Å². The highest BCUT2D eigenvalue weighted by Gasteiger charge is 2.19. The molecule has 0 saturated carbocycles. The number of primary amides is 1. The molecule has 0 aliphatic rings. The van der Waals surface area contributed by atoms with E-state index in [1.54, 1.807) is 32.4 Å². The Labute approximate surface area is 194 Å². The Balaban J connectivity index is 1.69. The number of benzene rings is 2. The normalized spacial score (nSPS) is 10.8. The number of hydrogen-bond acceptors (Lipinski definition) is 6. The number of halogens is 1. The van der Waals surface area contributed by atoms with E-state index in [4.69, 9.17) is 15.2 Å². The molecule has 170 valence electrons. The summed E-state index contributed by atoms with van der Waals surface area (Å²) in [7, 11) is 3.18. The summed E-state index contributed by atoms with van der Waals surface area (Å²) in [5.41, 5.74) is 9.95. The molecule has 1 amide bonds. The van der Waals surface area contributed by atoms with E-state index in [0.717, 1.165) is 22.6 Å². The van der Waals surface area contributed by atoms with Crippen molar-refractivity contribution in [3.05, 3.63) is 76.5 Å². The van der Waals surface area contributed by atoms with Crippen LogP contribution in [0.15, 0.2) is 53.9 Å². The number of nitrogens with two attached hydrogens (primary N) is 1. The Morgan fingerprint density at radius 1 is 1.12 bits per heavy atom. The van der Waals surface area contributed by atoms with Crippen molar-refractivity contribution in [2.24, 2.45) is 5.73 Å². The van der Waals surface area contributed by atoms with E-state index >= 15 is 0 Å². The van der Waals surface area contributed by atoms with Gasteiger partial charge in [0.05, 0.1) is 31.2 Å². The lowest BCUT2D eigenvalue weighted by molar-refractivity contribution is 0.0999. The molecule has 0 spiro atoms. The molecule has 4 aromatic rings. The Morgan fingerprint density at radius 2 is 1.85 bits per heavy atom. The third kappa shape index (κ3) is 4.68. The fraction of sp³-hybridized carbons (Fsp3) is 0.167. The highest BCUT2D eigenvalue weighted by Crippen LogP contribution is 2.33. The smallest absolute Gasteiger partial charge is 0.250 e. The number of carbonyl (C=O) groups is 1. The second kappa shape index (κ2) is 9.33. The van der Waals surface area contributed by atoms with Gasteiger partial charge in [-0.3, -0.25) is 4.79 Å². The molecule has 0 aliphatic heterocycles. The average molecular weight is 467 g/mol. The minimum Gasteiger partial charge on any atom is -0.493 e. The molecule has 0 bridgehead atoms. The van der Waals surface area contributed by atoms with Crippen LogP contribution in [0.25, 0.3) is 11.4 Å². The quantitative estimate of drug-likeness (QED) is 0.383. The highest BCUT2D eigenvalue weighted by atomic mass is 32.1. The summed E-state index contributed by atoms with van der Waals surface area (Å²) in [6.07, 6.45) is 0. The standard InChI is InChI=1S/C24H23FN4O3S/c1-14-18(23(26)30)11-20(29(14)12-15-4-9-21(31-2)22(10-15)32-3)19-13-33-24(28-19)27-17-7-5-16(25)6-8-17/h4-11,13H,12H2,1-3H3,(H2,26,30)(H,27,28). The van der Waals surface area contributed by atoms with Crippen molar-refractivity contribution in [3.8, 4) is 22.9 Å². The third-order valence-electron chi connectivity index (χ3n) is 5.28. The van der Waals surface area contributed by atoms with Crippen LogP contribution < -0.4 is 20.5 Å². The number of methoxy groups -OCH3 is 2. The van der Waals surface area contributed by atoms with Gasteiger partial charge in [0.25, 0.3) is 5.91 Å². The second-order valence-corrected chi connectivity index (χ2v) is 8.20. The van der Waals surface area contributed by atoms with Crippen molar-refractivity contribution in [1.82, 2.24) is 9.55 Å². The van der Waals surface area contributed by atoms with Gasteiger partial charge < -0.3 is 25.1 Å². The fourth-order valence-electron chi connectivity index (χ4n) is 3.58. The van der Waals surface area contributed by atoms with Crippen molar-refractivity contribution in [1.29, 1.82) is 0 Å². The average Bonchev–Trinajstić information content (AvgIpc) is 3.40. The van der Waals surface area contributed by atoms with Gasteiger partial charge in [-0.2, -0.15) is 0 Å². The van der Waals surface area contributed by atoms with Crippen LogP contribution in [0.4, 0.5) is 15.2 Å². The lowest BCUT2D eigenvalue weighted by Crippen LogP contribution is -2.12. The summed E-state index contributed by atoms with van der Waals surface area (Å²) in [6, 6.07) is 13.5. The largest absolute Gasteiger partial charge is 0.493 e. The summed E-state index contributed by atoms with van der Waals surface area (Å²) >= 11 is 1.41. The van der Waals surface area contributed by atoms with Crippen LogP contribution in [-0.4, -0.2) is 29.7 Å². The first-order chi connectivity index (χ1) is 15.9. The van der Waals surface area contributed by atoms with Gasteiger partial charge in [-0.25, -0.2) is 9.37 Å². The number of thiazole rings is 1. The molecule has 0 saturated heterocycles. The van der Waals surface area contributed by atoms with Gasteiger partial charge in [0.2, 0.25) is 0 Å². The van der Waals surface area contributed by atoms with E-state index in [9.17, 15) is 9.18 Å². The molecule has 0 unspecified atom stereocenters. The zero-order chi connectivity index (χ0) is 23.5. The van der Waals surface area contributed by atoms with Crippen molar-refractivity contribution < 1.29 is 18.7 Å². The summed E-state index contributed by atoms with van der Waals surface area (Å²) in [5, 5.41) is 5.72. The van der Waals surface area contributed by atoms with Crippen molar-refractivity contribution in [2.75, 3.05) is 19.5 Å². The number of aromatic nitrogens is 2. The predicted octanol–water partition coefficient (Wildman–Crippen LogP) is 4.97. The molecule has 0 aliphatic carbocycles. The van der Waals surface area contributed by atoms with E-state index < -0.39 is 5.91 Å². The van der Waals surface area contributed by atoms with Crippen LogP contribution in [0.1, 0.15) is 21.6 Å². The maximum Gasteiger partial charge on any atom is 0.250 e. The first-order valence-corrected chi connectivity index (χ1v) is 11.0. The van der Waals surface area contributed by atoms with Crippen LogP contribution in [0, 0.1) is 12.7 Å². The maximum atomic E-state index is 13.2. The molecule has 0 fully saturated rings. The van der Waals surface area contributed by atoms with Crippen molar-refractivity contribution >= 4 is 28.1 Å². The van der Waals surface area contributed by atoms with Crippen molar-refractivity contribution in [3.63, 3.8) is 0 Å². The zero-order valence-electron chi connectivity index (χ0n) is 18.4. The third-order valence-corrected chi connectivity index (χ3v) is 6.04. The molecule has 0 radical (unpaired) electrons. The Morgan fingerprint density at radius 3 is 2.52 bits per heavy atom. The molecular weight excluding hydrogens is 443 g/mol. The Hall–Kier alpha value is -3.85. The van der Waals surface area contributed by atoms with E-state index in [1.807, 2.05) is 35.1 Å². The minimum atomic E-state index is -0.500. The Bertz CT molecular complexity index is 1300. The predicted molar refractivity (Wildman–Crippen MR) is 127 cm³/mol. The molecule has 2 aromatic heterocycles. The van der Waals surface area contributed by atoms with Gasteiger partial charge in [-0.1, -0.05) is 6.07 Å². The number of hydrogen-bond donors (Lipinski definition) is 2. The number of nitrogens with zero attached hydrogens (tertiary/aromatic N) is 2. The molecule has 4 rings (SSSR count). The monoisotopic (exact) mass is 466 g/mol. The van der Waals surface area contributed by atoms with Crippen LogP contribution in [-0.2, 0) is 6.54 Å². The van der Waals surface area contributed by atoms with Gasteiger partial charge in [0.1, 0.15) is 5.82 Å². The fourth-order valence-corrected chi connectivity index (χ4v) is 4.30. The molecule has 0 atom stereocenters. The summed E-state index contributed by atoms with van der Waals surface area (Å²) in [4.78, 5) is 16.7. The second-order valence-electron chi connectivity index (χ2n) is 7.34. The summed E-state index contributed by atoms with van der Waals surface area (Å²) in [6.45, 7) is 2.33. The lowest BCUT2D eigenvalue weighted by atomic mass is 10.2. The van der Waals surface area contributed by atoms with Crippen LogP contribution in [0.3, 0.4) is 0 Å². The molecule has 9 heteroatoms. The number of ether oxygens (including phenoxy) is 2. The Kier molecular flexibility index (Phi) is 6.32. The topological polar surface area (TPSA) is 91.4 Å². The van der Waals surface area contributed by atoms with E-state index in [-0.39, 0.29) is 5.82 Å². The van der Waals surface area contributed by atoms with Gasteiger partial charge in [0.15, 0.2) is 16.6 Å². The van der Waals surface area contributed by atoms with Gasteiger partial charge in [-0.15, -0.1) is 11.3 Å². The number of amides is 1. The van der Waals surface area contributed by atoms with Crippen molar-refractivity contribution in [2.45, 2.75) is 13.5 Å². The van der Waals surface area contributed by atoms with Gasteiger partial charge in [-0.05, 0) is 55.0 Å². The summed E-state index contributed by atoms with van der Waals surface area (Å²) in [5.74, 6) is 0.456. The first kappa shape index (κ1) is 22.3. The minimum absolute atomic E-state index is 0.303. The number of carbonyl (C=O) groups excluding carboxylic acids is 1. The number of nitrogens with one attached hydrogen (secondary N) is 1. The molecule has 33 heavy (non-hydrogen) atoms. The first-order valence-electron chi connectivity index (χ1n) is 10.1. The molecule has 2 heterocycles. The van der Waals surface area contributed by atoms with Gasteiger partial charge in [0, 0.05) is 23.3 Å². The SMILES string of the molecule is COc1ccc(Cn2c(-c3csc(Nc4ccc(F)cc4)n3)cc(C(N)=O)c2C)cc1OC. The van der Waals surface area contributed by atoms with E-state index in [2.05, 4.69) is 10.3 Å². The van der Waals surface area contributed by atoms with Gasteiger partial charge >= 0.3 is 0 Å². The molecular formula is C24H23FN4O3S. The highest BCUT2D eigenvalue weighted by molar-refractivity contribution is 7.14. The van der Waals surface area contributed by atoms with Crippen LogP contribution >= 0.6 is 11.3 Å². The molecule has 3 N–H and O–H groups in total.